The molecule has 4 rings (SSSR count). The van der Waals surface area contributed by atoms with E-state index in [-0.39, 0.29) is 29.6 Å². The Morgan fingerprint density at radius 2 is 1.77 bits per heavy atom. The van der Waals surface area contributed by atoms with Gasteiger partial charge in [0, 0.05) is 24.5 Å². The van der Waals surface area contributed by atoms with Crippen molar-refractivity contribution in [3.63, 3.8) is 0 Å². The molecule has 35 heavy (non-hydrogen) atoms. The van der Waals surface area contributed by atoms with E-state index in [0.717, 1.165) is 11.3 Å². The molecular weight excluding hydrogens is 468 g/mol. The van der Waals surface area contributed by atoms with Crippen molar-refractivity contribution in [2.75, 3.05) is 38.7 Å². The number of sulfonamides is 1. The molecule has 2 heterocycles. The number of carbonyl (C=O) groups excluding carboxylic acids is 1. The SMILES string of the molecule is COc1ccc(NC(=O)c2c(C)nn(Cc3ccc(C)cc3)c2C)cc1S(=O)(=O)N1CCOCC1. The number of benzene rings is 2. The molecule has 2 aromatic carbocycles. The van der Waals surface area contributed by atoms with Crippen molar-refractivity contribution in [2.24, 2.45) is 0 Å². The van der Waals surface area contributed by atoms with Gasteiger partial charge >= 0.3 is 0 Å². The molecule has 1 aliphatic rings. The van der Waals surface area contributed by atoms with Crippen molar-refractivity contribution in [3.05, 3.63) is 70.5 Å². The van der Waals surface area contributed by atoms with E-state index in [9.17, 15) is 13.2 Å². The maximum absolute atomic E-state index is 13.2. The van der Waals surface area contributed by atoms with Crippen molar-refractivity contribution >= 4 is 21.6 Å². The summed E-state index contributed by atoms with van der Waals surface area (Å²) in [7, 11) is -2.40. The zero-order valence-electron chi connectivity index (χ0n) is 20.4. The number of aryl methyl sites for hydroxylation is 2. The summed E-state index contributed by atoms with van der Waals surface area (Å²) in [6.07, 6.45) is 0. The molecule has 1 N–H and O–H groups in total. The van der Waals surface area contributed by atoms with Gasteiger partial charge in [0.05, 0.1) is 38.1 Å². The standard InChI is InChI=1S/C25H30N4O5S/c1-17-5-7-20(8-6-17)16-29-19(3)24(18(2)27-29)25(30)26-21-9-10-22(33-4)23(15-21)35(31,32)28-11-13-34-14-12-28/h5-10,15H,11-14,16H2,1-4H3,(H,26,30). The summed E-state index contributed by atoms with van der Waals surface area (Å²) in [4.78, 5) is 13.2. The summed E-state index contributed by atoms with van der Waals surface area (Å²) in [6, 6.07) is 12.8. The largest absolute Gasteiger partial charge is 0.495 e. The second-order valence-electron chi connectivity index (χ2n) is 8.53. The molecule has 0 spiro atoms. The van der Waals surface area contributed by atoms with Crippen LogP contribution >= 0.6 is 0 Å². The number of amides is 1. The third-order valence-electron chi connectivity index (χ3n) is 6.07. The number of nitrogens with zero attached hydrogens (tertiary/aromatic N) is 3. The first-order chi connectivity index (χ1) is 16.7. The van der Waals surface area contributed by atoms with Crippen molar-refractivity contribution in [2.45, 2.75) is 32.2 Å². The van der Waals surface area contributed by atoms with E-state index in [2.05, 4.69) is 10.4 Å². The van der Waals surface area contributed by atoms with E-state index < -0.39 is 10.0 Å². The number of rotatable bonds is 7. The van der Waals surface area contributed by atoms with Gasteiger partial charge in [-0.05, 0) is 44.5 Å². The number of nitrogens with one attached hydrogen (secondary N) is 1. The normalized spacial score (nSPS) is 14.6. The van der Waals surface area contributed by atoms with E-state index in [1.165, 1.54) is 23.0 Å². The van der Waals surface area contributed by atoms with Crippen LogP contribution in [0.2, 0.25) is 0 Å². The van der Waals surface area contributed by atoms with E-state index >= 15 is 0 Å². The minimum atomic E-state index is -3.82. The molecular formula is C25H30N4O5S. The van der Waals surface area contributed by atoms with E-state index in [4.69, 9.17) is 9.47 Å². The Balaban J connectivity index is 1.59. The van der Waals surface area contributed by atoms with Crippen LogP contribution in [-0.4, -0.2) is 61.8 Å². The molecule has 10 heteroatoms. The Hall–Kier alpha value is -3.21. The van der Waals surface area contributed by atoms with Gasteiger partial charge in [-0.1, -0.05) is 29.8 Å². The van der Waals surface area contributed by atoms with Gasteiger partial charge in [0.2, 0.25) is 10.0 Å². The zero-order chi connectivity index (χ0) is 25.2. The lowest BCUT2D eigenvalue weighted by Crippen LogP contribution is -2.40. The average Bonchev–Trinajstić information content (AvgIpc) is 3.13. The first kappa shape index (κ1) is 24.9. The third kappa shape index (κ3) is 5.24. The van der Waals surface area contributed by atoms with Crippen LogP contribution in [0.15, 0.2) is 47.4 Å². The monoisotopic (exact) mass is 498 g/mol. The first-order valence-electron chi connectivity index (χ1n) is 11.4. The lowest BCUT2D eigenvalue weighted by Gasteiger charge is -2.26. The van der Waals surface area contributed by atoms with Crippen molar-refractivity contribution in [3.8, 4) is 5.75 Å². The fraction of sp³-hybridized carbons (Fsp3) is 0.360. The Labute approximate surface area is 205 Å². The summed E-state index contributed by atoms with van der Waals surface area (Å²) in [5.74, 6) is -0.136. The Bertz CT molecular complexity index is 1330. The molecule has 1 amide bonds. The summed E-state index contributed by atoms with van der Waals surface area (Å²) >= 11 is 0. The minimum absolute atomic E-state index is 0.00297. The number of ether oxygens (including phenoxy) is 2. The number of anilines is 1. The second kappa shape index (κ2) is 10.2. The van der Waals surface area contributed by atoms with Crippen LogP contribution in [-0.2, 0) is 21.3 Å². The highest BCUT2D eigenvalue weighted by Gasteiger charge is 2.30. The van der Waals surface area contributed by atoms with Crippen LogP contribution in [0.3, 0.4) is 0 Å². The van der Waals surface area contributed by atoms with Gasteiger partial charge in [-0.3, -0.25) is 9.48 Å². The number of morpholine rings is 1. The third-order valence-corrected chi connectivity index (χ3v) is 7.99. The van der Waals surface area contributed by atoms with Gasteiger partial charge in [0.25, 0.3) is 5.91 Å². The molecule has 186 valence electrons. The van der Waals surface area contributed by atoms with Crippen molar-refractivity contribution < 1.29 is 22.7 Å². The molecule has 3 aromatic rings. The van der Waals surface area contributed by atoms with Gasteiger partial charge in [-0.2, -0.15) is 9.40 Å². The molecule has 1 saturated heterocycles. The van der Waals surface area contributed by atoms with Crippen LogP contribution in [0, 0.1) is 20.8 Å². The summed E-state index contributed by atoms with van der Waals surface area (Å²) < 4.78 is 40.2. The first-order valence-corrected chi connectivity index (χ1v) is 12.8. The summed E-state index contributed by atoms with van der Waals surface area (Å²) in [5, 5.41) is 7.39. The Morgan fingerprint density at radius 3 is 2.43 bits per heavy atom. The van der Waals surface area contributed by atoms with Gasteiger partial charge in [-0.15, -0.1) is 0 Å². The quantitative estimate of drug-likeness (QED) is 0.537. The number of methoxy groups -OCH3 is 1. The van der Waals surface area contributed by atoms with Crippen molar-refractivity contribution in [1.82, 2.24) is 14.1 Å². The molecule has 0 atom stereocenters. The van der Waals surface area contributed by atoms with Crippen LogP contribution < -0.4 is 10.1 Å². The van der Waals surface area contributed by atoms with E-state index in [1.54, 1.807) is 23.7 Å². The predicted octanol–water partition coefficient (Wildman–Crippen LogP) is 3.14. The summed E-state index contributed by atoms with van der Waals surface area (Å²) in [5.41, 5.74) is 4.41. The maximum atomic E-state index is 13.2. The predicted molar refractivity (Wildman–Crippen MR) is 133 cm³/mol. The highest BCUT2D eigenvalue weighted by Crippen LogP contribution is 2.30. The van der Waals surface area contributed by atoms with Crippen LogP contribution in [0.5, 0.6) is 5.75 Å². The van der Waals surface area contributed by atoms with E-state index in [0.29, 0.717) is 36.7 Å². The summed E-state index contributed by atoms with van der Waals surface area (Å²) in [6.45, 7) is 7.42. The molecule has 9 nitrogen and oxygen atoms in total. The highest BCUT2D eigenvalue weighted by atomic mass is 32.2. The maximum Gasteiger partial charge on any atom is 0.259 e. The van der Waals surface area contributed by atoms with Crippen LogP contribution in [0.1, 0.15) is 32.9 Å². The lowest BCUT2D eigenvalue weighted by atomic mass is 10.1. The highest BCUT2D eigenvalue weighted by molar-refractivity contribution is 7.89. The van der Waals surface area contributed by atoms with Crippen LogP contribution in [0.4, 0.5) is 5.69 Å². The smallest absolute Gasteiger partial charge is 0.259 e. The molecule has 0 bridgehead atoms. The van der Waals surface area contributed by atoms with E-state index in [1.807, 2.05) is 38.1 Å². The number of hydrogen-bond acceptors (Lipinski definition) is 6. The number of carbonyl (C=O) groups is 1. The number of hydrogen-bond donors (Lipinski definition) is 1. The second-order valence-corrected chi connectivity index (χ2v) is 10.4. The fourth-order valence-corrected chi connectivity index (χ4v) is 5.71. The molecule has 0 aliphatic carbocycles. The molecule has 1 aliphatic heterocycles. The van der Waals surface area contributed by atoms with Gasteiger partial charge in [0.15, 0.2) is 0 Å². The lowest BCUT2D eigenvalue weighted by molar-refractivity contribution is 0.0729. The topological polar surface area (TPSA) is 103 Å². The van der Waals surface area contributed by atoms with Gasteiger partial charge < -0.3 is 14.8 Å². The molecule has 0 unspecified atom stereocenters. The number of aromatic nitrogens is 2. The van der Waals surface area contributed by atoms with Crippen molar-refractivity contribution in [1.29, 1.82) is 0 Å². The average molecular weight is 499 g/mol. The molecule has 1 aromatic heterocycles. The molecule has 0 saturated carbocycles. The van der Waals surface area contributed by atoms with Gasteiger partial charge in [-0.25, -0.2) is 8.42 Å². The Morgan fingerprint density at radius 1 is 1.09 bits per heavy atom. The minimum Gasteiger partial charge on any atom is -0.495 e. The molecule has 1 fully saturated rings. The van der Waals surface area contributed by atoms with Crippen LogP contribution in [0.25, 0.3) is 0 Å². The Kier molecular flexibility index (Phi) is 7.25. The fourth-order valence-electron chi connectivity index (χ4n) is 4.12. The van der Waals surface area contributed by atoms with Gasteiger partial charge in [0.1, 0.15) is 10.6 Å². The zero-order valence-corrected chi connectivity index (χ0v) is 21.2. The molecule has 0 radical (unpaired) electrons.